The summed E-state index contributed by atoms with van der Waals surface area (Å²) in [5.41, 5.74) is 1.20. The fourth-order valence-electron chi connectivity index (χ4n) is 2.35. The minimum atomic E-state index is -2.55. The van der Waals surface area contributed by atoms with Gasteiger partial charge < -0.3 is 10.1 Å². The molecule has 0 saturated heterocycles. The van der Waals surface area contributed by atoms with Gasteiger partial charge in [-0.1, -0.05) is 35.5 Å². The molecule has 0 saturated carbocycles. The van der Waals surface area contributed by atoms with Gasteiger partial charge >= 0.3 is 0 Å². The zero-order chi connectivity index (χ0) is 16.4. The molecular formula is C16H12ClF2NO2S. The van der Waals surface area contributed by atoms with Crippen molar-refractivity contribution in [3.8, 4) is 5.75 Å². The molecule has 1 amide bonds. The second-order valence-corrected chi connectivity index (χ2v) is 6.39. The molecule has 0 fully saturated rings. The molecule has 2 aromatic carbocycles. The molecule has 1 heterocycles. The predicted molar refractivity (Wildman–Crippen MR) is 86.5 cm³/mol. The van der Waals surface area contributed by atoms with Gasteiger partial charge in [0, 0.05) is 16.3 Å². The molecule has 7 heteroatoms. The van der Waals surface area contributed by atoms with E-state index in [1.54, 1.807) is 36.4 Å². The Balaban J connectivity index is 1.72. The van der Waals surface area contributed by atoms with Crippen molar-refractivity contribution in [3.05, 3.63) is 53.1 Å². The van der Waals surface area contributed by atoms with Gasteiger partial charge in [0.05, 0.1) is 5.69 Å². The molecule has 1 aliphatic heterocycles. The van der Waals surface area contributed by atoms with Gasteiger partial charge in [0.1, 0.15) is 5.75 Å². The van der Waals surface area contributed by atoms with Crippen molar-refractivity contribution in [2.75, 3.05) is 5.32 Å². The summed E-state index contributed by atoms with van der Waals surface area (Å²) in [5.74, 6) is -2.31. The van der Waals surface area contributed by atoms with Crippen LogP contribution < -0.4 is 10.1 Å². The van der Waals surface area contributed by atoms with E-state index in [2.05, 4.69) is 5.32 Å². The summed E-state index contributed by atoms with van der Waals surface area (Å²) in [6.07, 6.45) is -0.306. The van der Waals surface area contributed by atoms with Crippen molar-refractivity contribution in [2.45, 2.75) is 23.2 Å². The third-order valence-electron chi connectivity index (χ3n) is 3.35. The Morgan fingerprint density at radius 2 is 2.09 bits per heavy atom. The van der Waals surface area contributed by atoms with Crippen LogP contribution in [0.5, 0.6) is 5.75 Å². The third-order valence-corrected chi connectivity index (χ3v) is 4.37. The fraction of sp³-hybridized carbons (Fsp3) is 0.188. The van der Waals surface area contributed by atoms with Crippen molar-refractivity contribution in [3.63, 3.8) is 0 Å². The normalized spacial score (nSPS) is 16.1. The standard InChI is InChI=1S/C16H12ClF2NO2S/c17-10-5-6-12-9(7-10)8-13(22-12)15(21)20-11-3-1-2-4-14(11)23-16(18)19/h1-7,13,16H,8H2,(H,20,21)/t13-/m0/s1. The lowest BCUT2D eigenvalue weighted by Crippen LogP contribution is -2.31. The second-order valence-electron chi connectivity index (χ2n) is 4.93. The maximum absolute atomic E-state index is 12.6. The first-order valence-corrected chi connectivity index (χ1v) is 8.08. The summed E-state index contributed by atoms with van der Waals surface area (Å²) >= 11 is 6.31. The highest BCUT2D eigenvalue weighted by Crippen LogP contribution is 2.34. The molecule has 0 aliphatic carbocycles. The molecule has 1 atom stereocenters. The molecule has 0 aromatic heterocycles. The highest BCUT2D eigenvalue weighted by Gasteiger charge is 2.29. The fourth-order valence-corrected chi connectivity index (χ4v) is 3.14. The van der Waals surface area contributed by atoms with Crippen LogP contribution in [0.2, 0.25) is 5.02 Å². The van der Waals surface area contributed by atoms with Gasteiger partial charge in [0.25, 0.3) is 11.7 Å². The molecule has 23 heavy (non-hydrogen) atoms. The van der Waals surface area contributed by atoms with Crippen molar-refractivity contribution >= 4 is 35.0 Å². The van der Waals surface area contributed by atoms with Gasteiger partial charge in [-0.2, -0.15) is 8.78 Å². The van der Waals surface area contributed by atoms with E-state index in [0.29, 0.717) is 39.5 Å². The van der Waals surface area contributed by atoms with Crippen LogP contribution in [0.4, 0.5) is 14.5 Å². The number of fused-ring (bicyclic) bond motifs is 1. The number of alkyl halides is 2. The number of para-hydroxylation sites is 1. The average Bonchev–Trinajstić information content (AvgIpc) is 2.92. The number of carbonyl (C=O) groups is 1. The predicted octanol–water partition coefficient (Wildman–Crippen LogP) is 4.60. The Morgan fingerprint density at radius 3 is 2.87 bits per heavy atom. The minimum absolute atomic E-state index is 0.314. The molecule has 0 unspecified atom stereocenters. The van der Waals surface area contributed by atoms with Crippen LogP contribution in [0.15, 0.2) is 47.4 Å². The monoisotopic (exact) mass is 355 g/mol. The minimum Gasteiger partial charge on any atom is -0.480 e. The smallest absolute Gasteiger partial charge is 0.288 e. The van der Waals surface area contributed by atoms with Crippen LogP contribution >= 0.6 is 23.4 Å². The maximum atomic E-state index is 12.6. The highest BCUT2D eigenvalue weighted by atomic mass is 35.5. The lowest BCUT2D eigenvalue weighted by molar-refractivity contribution is -0.122. The average molecular weight is 356 g/mol. The number of hydrogen-bond acceptors (Lipinski definition) is 3. The van der Waals surface area contributed by atoms with Crippen LogP contribution in [0, 0.1) is 0 Å². The number of halogens is 3. The Labute approximate surface area is 141 Å². The number of carbonyl (C=O) groups excluding carboxylic acids is 1. The molecule has 3 rings (SSSR count). The topological polar surface area (TPSA) is 38.3 Å². The lowest BCUT2D eigenvalue weighted by Gasteiger charge is -2.14. The molecule has 0 spiro atoms. The van der Waals surface area contributed by atoms with Crippen molar-refractivity contribution in [1.29, 1.82) is 0 Å². The summed E-state index contributed by atoms with van der Waals surface area (Å²) in [4.78, 5) is 12.7. The van der Waals surface area contributed by atoms with Crippen molar-refractivity contribution < 1.29 is 18.3 Å². The van der Waals surface area contributed by atoms with E-state index in [0.717, 1.165) is 5.56 Å². The van der Waals surface area contributed by atoms with Gasteiger partial charge in [0.15, 0.2) is 6.10 Å². The molecule has 0 radical (unpaired) electrons. The number of hydrogen-bond donors (Lipinski definition) is 1. The van der Waals surface area contributed by atoms with Gasteiger partial charge in [-0.15, -0.1) is 0 Å². The van der Waals surface area contributed by atoms with E-state index in [1.807, 2.05) is 0 Å². The van der Waals surface area contributed by atoms with Crippen LogP contribution in [0.1, 0.15) is 5.56 Å². The number of thioether (sulfide) groups is 1. The second kappa shape index (κ2) is 6.76. The SMILES string of the molecule is O=C(Nc1ccccc1SC(F)F)[C@@H]1Cc2cc(Cl)ccc2O1. The first kappa shape index (κ1) is 16.1. The van der Waals surface area contributed by atoms with Gasteiger partial charge in [-0.05, 0) is 35.9 Å². The van der Waals surface area contributed by atoms with Crippen LogP contribution in [-0.2, 0) is 11.2 Å². The number of benzene rings is 2. The van der Waals surface area contributed by atoms with Crippen LogP contribution in [0.3, 0.4) is 0 Å². The molecule has 120 valence electrons. The van der Waals surface area contributed by atoms with Crippen molar-refractivity contribution in [1.82, 2.24) is 0 Å². The molecule has 0 bridgehead atoms. The molecule has 2 aromatic rings. The summed E-state index contributed by atoms with van der Waals surface area (Å²) in [5, 5.41) is 3.23. The Kier molecular flexibility index (Phi) is 4.73. The molecule has 3 nitrogen and oxygen atoms in total. The number of nitrogens with one attached hydrogen (secondary N) is 1. The zero-order valence-corrected chi connectivity index (χ0v) is 13.3. The van der Waals surface area contributed by atoms with E-state index < -0.39 is 11.9 Å². The van der Waals surface area contributed by atoms with Crippen LogP contribution in [0.25, 0.3) is 0 Å². The number of anilines is 1. The number of amides is 1. The summed E-state index contributed by atoms with van der Waals surface area (Å²) in [6, 6.07) is 11.6. The zero-order valence-electron chi connectivity index (χ0n) is 11.8. The summed E-state index contributed by atoms with van der Waals surface area (Å²) < 4.78 is 30.7. The maximum Gasteiger partial charge on any atom is 0.288 e. The highest BCUT2D eigenvalue weighted by molar-refractivity contribution is 7.99. The van der Waals surface area contributed by atoms with Gasteiger partial charge in [-0.3, -0.25) is 4.79 Å². The van der Waals surface area contributed by atoms with Gasteiger partial charge in [0.2, 0.25) is 0 Å². The van der Waals surface area contributed by atoms with E-state index >= 15 is 0 Å². The van der Waals surface area contributed by atoms with E-state index in [9.17, 15) is 13.6 Å². The quantitative estimate of drug-likeness (QED) is 0.815. The summed E-state index contributed by atoms with van der Waals surface area (Å²) in [6.45, 7) is 0. The largest absolute Gasteiger partial charge is 0.480 e. The number of rotatable bonds is 4. The van der Waals surface area contributed by atoms with E-state index in [4.69, 9.17) is 16.3 Å². The Hall–Kier alpha value is -1.79. The Morgan fingerprint density at radius 1 is 1.30 bits per heavy atom. The first-order valence-electron chi connectivity index (χ1n) is 6.83. The Bertz CT molecular complexity index is 742. The lowest BCUT2D eigenvalue weighted by atomic mass is 10.1. The summed E-state index contributed by atoms with van der Waals surface area (Å²) in [7, 11) is 0. The molecule has 1 N–H and O–H groups in total. The molecule has 1 aliphatic rings. The van der Waals surface area contributed by atoms with Crippen LogP contribution in [-0.4, -0.2) is 17.8 Å². The van der Waals surface area contributed by atoms with Gasteiger partial charge in [-0.25, -0.2) is 0 Å². The number of ether oxygens (including phenoxy) is 1. The van der Waals surface area contributed by atoms with Crippen molar-refractivity contribution in [2.24, 2.45) is 0 Å². The molecular weight excluding hydrogens is 344 g/mol. The third kappa shape index (κ3) is 3.76. The van der Waals surface area contributed by atoms with E-state index in [-0.39, 0.29) is 5.91 Å². The van der Waals surface area contributed by atoms with E-state index in [1.165, 1.54) is 6.07 Å². The first-order chi connectivity index (χ1) is 11.0.